The lowest BCUT2D eigenvalue weighted by molar-refractivity contribution is 0.240. The van der Waals surface area contributed by atoms with Crippen molar-refractivity contribution in [2.24, 2.45) is 5.41 Å². The first kappa shape index (κ1) is 24.1. The smallest absolute Gasteiger partial charge is 0.163 e. The third kappa shape index (κ3) is 7.25. The Balaban J connectivity index is 2.14. The molecule has 29 heavy (non-hydrogen) atoms. The number of ether oxygens (including phenoxy) is 2. The van der Waals surface area contributed by atoms with Gasteiger partial charge >= 0.3 is 0 Å². The highest BCUT2D eigenvalue weighted by molar-refractivity contribution is 6.36. The highest BCUT2D eigenvalue weighted by Crippen LogP contribution is 2.36. The summed E-state index contributed by atoms with van der Waals surface area (Å²) < 4.78 is 11.4. The van der Waals surface area contributed by atoms with E-state index in [0.29, 0.717) is 33.1 Å². The van der Waals surface area contributed by atoms with Crippen LogP contribution < -0.4 is 14.8 Å². The van der Waals surface area contributed by atoms with E-state index in [1.54, 1.807) is 31.4 Å². The molecule has 2 aromatic rings. The molecule has 6 heteroatoms. The van der Waals surface area contributed by atoms with Crippen molar-refractivity contribution >= 4 is 34.8 Å². The van der Waals surface area contributed by atoms with E-state index in [4.69, 9.17) is 44.3 Å². The van der Waals surface area contributed by atoms with Crippen LogP contribution in [0.1, 0.15) is 52.2 Å². The lowest BCUT2D eigenvalue weighted by Gasteiger charge is -2.33. The number of hydrogen-bond acceptors (Lipinski definition) is 3. The summed E-state index contributed by atoms with van der Waals surface area (Å²) in [6.07, 6.45) is 1.04. The van der Waals surface area contributed by atoms with E-state index in [-0.39, 0.29) is 17.6 Å². The molecule has 0 unspecified atom stereocenters. The van der Waals surface area contributed by atoms with E-state index in [1.807, 2.05) is 6.07 Å². The molecule has 0 amide bonds. The first-order valence-electron chi connectivity index (χ1n) is 9.59. The molecule has 0 saturated carbocycles. The molecule has 0 radical (unpaired) electrons. The maximum Gasteiger partial charge on any atom is 0.163 e. The van der Waals surface area contributed by atoms with Crippen molar-refractivity contribution in [3.05, 3.63) is 56.5 Å². The van der Waals surface area contributed by atoms with Crippen molar-refractivity contribution in [3.8, 4) is 11.5 Å². The molecule has 0 saturated heterocycles. The average molecular weight is 459 g/mol. The quantitative estimate of drug-likeness (QED) is 0.443. The van der Waals surface area contributed by atoms with Crippen LogP contribution in [0.2, 0.25) is 15.1 Å². The second-order valence-corrected chi connectivity index (χ2v) is 10.3. The van der Waals surface area contributed by atoms with Crippen LogP contribution >= 0.6 is 34.8 Å². The van der Waals surface area contributed by atoms with Gasteiger partial charge in [-0.1, -0.05) is 61.6 Å². The first-order valence-corrected chi connectivity index (χ1v) is 10.7. The van der Waals surface area contributed by atoms with Crippen molar-refractivity contribution in [1.82, 2.24) is 5.32 Å². The van der Waals surface area contributed by atoms with Gasteiger partial charge in [0.1, 0.15) is 6.61 Å². The van der Waals surface area contributed by atoms with Gasteiger partial charge in [-0.3, -0.25) is 0 Å². The van der Waals surface area contributed by atoms with Crippen LogP contribution in [0, 0.1) is 5.41 Å². The molecule has 0 aliphatic heterocycles. The van der Waals surface area contributed by atoms with Crippen molar-refractivity contribution in [2.75, 3.05) is 7.11 Å². The fraction of sp³-hybridized carbons (Fsp3) is 0.478. The van der Waals surface area contributed by atoms with E-state index in [2.05, 4.69) is 39.9 Å². The summed E-state index contributed by atoms with van der Waals surface area (Å²) in [7, 11) is 1.61. The summed E-state index contributed by atoms with van der Waals surface area (Å²) in [5.74, 6) is 1.16. The third-order valence-electron chi connectivity index (χ3n) is 4.50. The Labute approximate surface area is 189 Å². The SMILES string of the molecule is COc1cc(CNC(C)(C)CC(C)(C)C)c(Cl)cc1OCc1c(Cl)cccc1Cl. The molecule has 2 rings (SSSR count). The Morgan fingerprint density at radius 1 is 0.897 bits per heavy atom. The van der Waals surface area contributed by atoms with Crippen LogP contribution in [0.25, 0.3) is 0 Å². The lowest BCUT2D eigenvalue weighted by Crippen LogP contribution is -2.41. The van der Waals surface area contributed by atoms with E-state index >= 15 is 0 Å². The highest BCUT2D eigenvalue weighted by Gasteiger charge is 2.25. The third-order valence-corrected chi connectivity index (χ3v) is 5.56. The van der Waals surface area contributed by atoms with Crippen molar-refractivity contribution in [1.29, 1.82) is 0 Å². The molecule has 1 N–H and O–H groups in total. The zero-order chi connectivity index (χ0) is 21.8. The summed E-state index contributed by atoms with van der Waals surface area (Å²) in [6, 6.07) is 9.05. The Hall–Kier alpha value is -1.13. The van der Waals surface area contributed by atoms with Crippen molar-refractivity contribution in [2.45, 2.75) is 59.7 Å². The van der Waals surface area contributed by atoms with Gasteiger partial charge in [0, 0.05) is 38.8 Å². The zero-order valence-electron chi connectivity index (χ0n) is 18.0. The first-order chi connectivity index (χ1) is 13.4. The van der Waals surface area contributed by atoms with E-state index in [9.17, 15) is 0 Å². The zero-order valence-corrected chi connectivity index (χ0v) is 20.2. The van der Waals surface area contributed by atoms with E-state index < -0.39 is 0 Å². The average Bonchev–Trinajstić information content (AvgIpc) is 2.58. The van der Waals surface area contributed by atoms with Crippen LogP contribution in [-0.4, -0.2) is 12.6 Å². The van der Waals surface area contributed by atoms with Crippen LogP contribution in [-0.2, 0) is 13.2 Å². The number of hydrogen-bond donors (Lipinski definition) is 1. The lowest BCUT2D eigenvalue weighted by atomic mass is 9.82. The maximum atomic E-state index is 6.54. The predicted molar refractivity (Wildman–Crippen MR) is 124 cm³/mol. The summed E-state index contributed by atoms with van der Waals surface area (Å²) in [4.78, 5) is 0. The normalized spacial score (nSPS) is 12.2. The van der Waals surface area contributed by atoms with Gasteiger partial charge in [0.25, 0.3) is 0 Å². The Morgan fingerprint density at radius 2 is 1.52 bits per heavy atom. The van der Waals surface area contributed by atoms with Crippen LogP contribution in [0.15, 0.2) is 30.3 Å². The van der Waals surface area contributed by atoms with E-state index in [1.165, 1.54) is 0 Å². The largest absolute Gasteiger partial charge is 0.493 e. The predicted octanol–water partition coefficient (Wildman–Crippen LogP) is 7.54. The number of halogens is 3. The molecule has 0 heterocycles. The Bertz CT molecular complexity index is 824. The van der Waals surface area contributed by atoms with Crippen LogP contribution in [0.4, 0.5) is 0 Å². The number of nitrogens with one attached hydrogen (secondary N) is 1. The summed E-state index contributed by atoms with van der Waals surface area (Å²) in [5, 5.41) is 5.34. The van der Waals surface area contributed by atoms with Crippen LogP contribution in [0.5, 0.6) is 11.5 Å². The van der Waals surface area contributed by atoms with Gasteiger partial charge in [-0.05, 0) is 49.4 Å². The minimum absolute atomic E-state index is 0.0230. The fourth-order valence-corrected chi connectivity index (χ4v) is 4.26. The minimum Gasteiger partial charge on any atom is -0.493 e. The molecule has 0 aliphatic carbocycles. The molecule has 160 valence electrons. The number of methoxy groups -OCH3 is 1. The molecular formula is C23H30Cl3NO2. The molecule has 0 atom stereocenters. The molecule has 3 nitrogen and oxygen atoms in total. The molecule has 0 bridgehead atoms. The van der Waals surface area contributed by atoms with Gasteiger partial charge in [-0.2, -0.15) is 0 Å². The number of rotatable bonds is 8. The monoisotopic (exact) mass is 457 g/mol. The molecular weight excluding hydrogens is 429 g/mol. The van der Waals surface area contributed by atoms with Gasteiger partial charge in [0.15, 0.2) is 11.5 Å². The molecule has 0 spiro atoms. The topological polar surface area (TPSA) is 30.5 Å². The molecule has 0 fully saturated rings. The van der Waals surface area contributed by atoms with Gasteiger partial charge < -0.3 is 14.8 Å². The maximum absolute atomic E-state index is 6.54. The van der Waals surface area contributed by atoms with Gasteiger partial charge in [-0.15, -0.1) is 0 Å². The van der Waals surface area contributed by atoms with Crippen molar-refractivity contribution in [3.63, 3.8) is 0 Å². The summed E-state index contributed by atoms with van der Waals surface area (Å²) in [5.41, 5.74) is 1.89. The van der Waals surface area contributed by atoms with Gasteiger partial charge in [0.2, 0.25) is 0 Å². The van der Waals surface area contributed by atoms with Gasteiger partial charge in [0.05, 0.1) is 7.11 Å². The van der Waals surface area contributed by atoms with Gasteiger partial charge in [-0.25, -0.2) is 0 Å². The summed E-state index contributed by atoms with van der Waals surface area (Å²) >= 11 is 19.0. The molecule has 0 aromatic heterocycles. The number of benzene rings is 2. The fourth-order valence-electron chi connectivity index (χ4n) is 3.53. The molecule has 0 aliphatic rings. The second kappa shape index (κ2) is 9.78. The highest BCUT2D eigenvalue weighted by atomic mass is 35.5. The second-order valence-electron chi connectivity index (χ2n) is 9.06. The standard InChI is InChI=1S/C23H30Cl3NO2/c1-22(2,3)14-23(4,5)27-12-15-10-20(28-6)21(11-19(15)26)29-13-16-17(24)8-7-9-18(16)25/h7-11,27H,12-14H2,1-6H3. The Kier molecular flexibility index (Phi) is 8.15. The summed E-state index contributed by atoms with van der Waals surface area (Å²) in [6.45, 7) is 12.0. The van der Waals surface area contributed by atoms with Crippen molar-refractivity contribution < 1.29 is 9.47 Å². The molecule has 2 aromatic carbocycles. The Morgan fingerprint density at radius 3 is 2.07 bits per heavy atom. The minimum atomic E-state index is -0.0230. The van der Waals surface area contributed by atoms with E-state index in [0.717, 1.165) is 17.5 Å². The van der Waals surface area contributed by atoms with Crippen LogP contribution in [0.3, 0.4) is 0 Å².